The van der Waals surface area contributed by atoms with Crippen molar-refractivity contribution in [3.63, 3.8) is 0 Å². The van der Waals surface area contributed by atoms with Crippen LogP contribution in [-0.2, 0) is 0 Å². The molecule has 0 amide bonds. The summed E-state index contributed by atoms with van der Waals surface area (Å²) < 4.78 is 0. The summed E-state index contributed by atoms with van der Waals surface area (Å²) in [5, 5.41) is 9.23. The molecule has 1 aromatic rings. The molecule has 0 aliphatic heterocycles. The molecule has 1 rings (SSSR count). The fourth-order valence-corrected chi connectivity index (χ4v) is 2.27. The molecule has 0 unspecified atom stereocenters. The molecular weight excluding hydrogens is 212 g/mol. The topological polar surface area (TPSA) is 49.5 Å². The first-order chi connectivity index (χ1) is 8.13. The largest absolute Gasteiger partial charge is 0.399 e. The maximum Gasteiger partial charge on any atom is 0.0606 e. The Labute approximate surface area is 104 Å². The molecule has 96 valence electrons. The van der Waals surface area contributed by atoms with Gasteiger partial charge in [0.1, 0.15) is 0 Å². The standard InChI is InChI=1S/C14H24N2O/c1-4-13(5-2)16(8-9-17)14-10-12(15)7-6-11(14)3/h6-7,10,13,17H,4-5,8-9,15H2,1-3H3. The van der Waals surface area contributed by atoms with Crippen LogP contribution >= 0.6 is 0 Å². The molecule has 0 fully saturated rings. The number of aliphatic hydroxyl groups is 1. The zero-order valence-corrected chi connectivity index (χ0v) is 11.1. The van der Waals surface area contributed by atoms with Gasteiger partial charge in [0, 0.05) is 24.0 Å². The van der Waals surface area contributed by atoms with Gasteiger partial charge in [-0.25, -0.2) is 0 Å². The zero-order chi connectivity index (χ0) is 12.8. The summed E-state index contributed by atoms with van der Waals surface area (Å²) in [5.41, 5.74) is 8.99. The van der Waals surface area contributed by atoms with E-state index in [4.69, 9.17) is 5.73 Å². The van der Waals surface area contributed by atoms with Gasteiger partial charge in [-0.05, 0) is 37.5 Å². The maximum atomic E-state index is 9.23. The lowest BCUT2D eigenvalue weighted by Gasteiger charge is -2.33. The molecule has 1 aromatic carbocycles. The van der Waals surface area contributed by atoms with Crippen molar-refractivity contribution in [1.29, 1.82) is 0 Å². The predicted octanol–water partition coefficient (Wildman–Crippen LogP) is 2.56. The van der Waals surface area contributed by atoms with Crippen molar-refractivity contribution < 1.29 is 5.11 Å². The Kier molecular flexibility index (Phi) is 5.29. The van der Waals surface area contributed by atoms with E-state index in [-0.39, 0.29) is 6.61 Å². The van der Waals surface area contributed by atoms with Gasteiger partial charge in [-0.1, -0.05) is 19.9 Å². The van der Waals surface area contributed by atoms with Crippen LogP contribution in [0.2, 0.25) is 0 Å². The molecule has 0 radical (unpaired) electrons. The minimum Gasteiger partial charge on any atom is -0.399 e. The number of hydrogen-bond donors (Lipinski definition) is 2. The van der Waals surface area contributed by atoms with Crippen LogP contribution in [0.15, 0.2) is 18.2 Å². The smallest absolute Gasteiger partial charge is 0.0606 e. The Morgan fingerprint density at radius 1 is 1.29 bits per heavy atom. The van der Waals surface area contributed by atoms with Crippen LogP contribution in [0.5, 0.6) is 0 Å². The van der Waals surface area contributed by atoms with Crippen LogP contribution in [0.25, 0.3) is 0 Å². The number of aryl methyl sites for hydroxylation is 1. The quantitative estimate of drug-likeness (QED) is 0.746. The van der Waals surface area contributed by atoms with Gasteiger partial charge >= 0.3 is 0 Å². The van der Waals surface area contributed by atoms with Gasteiger partial charge in [-0.2, -0.15) is 0 Å². The summed E-state index contributed by atoms with van der Waals surface area (Å²) in [6.45, 7) is 7.28. The lowest BCUT2D eigenvalue weighted by molar-refractivity contribution is 0.296. The second-order valence-electron chi connectivity index (χ2n) is 4.43. The van der Waals surface area contributed by atoms with Gasteiger partial charge in [-0.3, -0.25) is 0 Å². The lowest BCUT2D eigenvalue weighted by Crippen LogP contribution is -2.37. The SMILES string of the molecule is CCC(CC)N(CCO)c1cc(N)ccc1C. The van der Waals surface area contributed by atoms with Crippen LogP contribution in [0, 0.1) is 6.92 Å². The van der Waals surface area contributed by atoms with E-state index >= 15 is 0 Å². The van der Waals surface area contributed by atoms with Crippen molar-refractivity contribution >= 4 is 11.4 Å². The number of benzene rings is 1. The van der Waals surface area contributed by atoms with Crippen LogP contribution in [-0.4, -0.2) is 24.3 Å². The van der Waals surface area contributed by atoms with E-state index < -0.39 is 0 Å². The Morgan fingerprint density at radius 3 is 2.47 bits per heavy atom. The third-order valence-electron chi connectivity index (χ3n) is 3.27. The Hall–Kier alpha value is -1.22. The fraction of sp³-hybridized carbons (Fsp3) is 0.571. The molecular formula is C14H24N2O. The Bertz CT molecular complexity index is 348. The van der Waals surface area contributed by atoms with Crippen LogP contribution < -0.4 is 10.6 Å². The molecule has 0 aliphatic carbocycles. The van der Waals surface area contributed by atoms with Crippen LogP contribution in [0.3, 0.4) is 0 Å². The summed E-state index contributed by atoms with van der Waals surface area (Å²) in [4.78, 5) is 2.27. The summed E-state index contributed by atoms with van der Waals surface area (Å²) in [6.07, 6.45) is 2.15. The monoisotopic (exact) mass is 236 g/mol. The van der Waals surface area contributed by atoms with E-state index in [9.17, 15) is 5.11 Å². The number of nitrogens with two attached hydrogens (primary N) is 1. The Balaban J connectivity index is 3.07. The van der Waals surface area contributed by atoms with Gasteiger partial charge < -0.3 is 15.7 Å². The first kappa shape index (κ1) is 13.8. The average molecular weight is 236 g/mol. The number of nitrogens with zero attached hydrogens (tertiary/aromatic N) is 1. The van der Waals surface area contributed by atoms with E-state index in [1.54, 1.807) is 0 Å². The van der Waals surface area contributed by atoms with Gasteiger partial charge in [0.05, 0.1) is 6.61 Å². The number of nitrogen functional groups attached to an aromatic ring is 1. The molecule has 17 heavy (non-hydrogen) atoms. The predicted molar refractivity (Wildman–Crippen MR) is 74.4 cm³/mol. The van der Waals surface area contributed by atoms with Gasteiger partial charge in [0.2, 0.25) is 0 Å². The molecule has 0 aliphatic rings. The van der Waals surface area contributed by atoms with E-state index in [2.05, 4.69) is 25.7 Å². The van der Waals surface area contributed by atoms with Crippen molar-refractivity contribution in [3.05, 3.63) is 23.8 Å². The first-order valence-electron chi connectivity index (χ1n) is 6.37. The molecule has 0 bridgehead atoms. The second-order valence-corrected chi connectivity index (χ2v) is 4.43. The fourth-order valence-electron chi connectivity index (χ4n) is 2.27. The van der Waals surface area contributed by atoms with Crippen molar-refractivity contribution in [2.24, 2.45) is 0 Å². The van der Waals surface area contributed by atoms with E-state index in [0.717, 1.165) is 24.2 Å². The highest BCUT2D eigenvalue weighted by Gasteiger charge is 2.17. The van der Waals surface area contributed by atoms with Gasteiger partial charge in [0.15, 0.2) is 0 Å². The molecule has 3 nitrogen and oxygen atoms in total. The van der Waals surface area contributed by atoms with E-state index in [1.807, 2.05) is 18.2 Å². The number of anilines is 2. The van der Waals surface area contributed by atoms with Crippen LogP contribution in [0.4, 0.5) is 11.4 Å². The third-order valence-corrected chi connectivity index (χ3v) is 3.27. The summed E-state index contributed by atoms with van der Waals surface area (Å²) in [5.74, 6) is 0. The molecule has 0 saturated carbocycles. The summed E-state index contributed by atoms with van der Waals surface area (Å²) >= 11 is 0. The molecule has 0 saturated heterocycles. The summed E-state index contributed by atoms with van der Waals surface area (Å²) in [7, 11) is 0. The van der Waals surface area contributed by atoms with Crippen molar-refractivity contribution in [2.75, 3.05) is 23.8 Å². The minimum atomic E-state index is 0.171. The highest BCUT2D eigenvalue weighted by Crippen LogP contribution is 2.26. The molecule has 3 heteroatoms. The molecule has 0 aromatic heterocycles. The third kappa shape index (κ3) is 3.37. The number of aliphatic hydroxyl groups excluding tert-OH is 1. The minimum absolute atomic E-state index is 0.171. The maximum absolute atomic E-state index is 9.23. The van der Waals surface area contributed by atoms with E-state index in [1.165, 1.54) is 5.56 Å². The Morgan fingerprint density at radius 2 is 1.94 bits per heavy atom. The summed E-state index contributed by atoms with van der Waals surface area (Å²) in [6, 6.07) is 6.42. The van der Waals surface area contributed by atoms with Crippen LogP contribution in [0.1, 0.15) is 32.3 Å². The number of hydrogen-bond acceptors (Lipinski definition) is 3. The van der Waals surface area contributed by atoms with Gasteiger partial charge in [0.25, 0.3) is 0 Å². The normalized spacial score (nSPS) is 10.9. The highest BCUT2D eigenvalue weighted by molar-refractivity contribution is 5.61. The number of rotatable bonds is 6. The molecule has 0 atom stereocenters. The van der Waals surface area contributed by atoms with E-state index in [0.29, 0.717) is 12.6 Å². The lowest BCUT2D eigenvalue weighted by atomic mass is 10.1. The first-order valence-corrected chi connectivity index (χ1v) is 6.37. The molecule has 0 spiro atoms. The molecule has 3 N–H and O–H groups in total. The second kappa shape index (κ2) is 6.50. The average Bonchev–Trinajstić information content (AvgIpc) is 2.33. The van der Waals surface area contributed by atoms with Gasteiger partial charge in [-0.15, -0.1) is 0 Å². The molecule has 0 heterocycles. The van der Waals surface area contributed by atoms with Crippen molar-refractivity contribution in [1.82, 2.24) is 0 Å². The van der Waals surface area contributed by atoms with Crippen molar-refractivity contribution in [3.8, 4) is 0 Å². The highest BCUT2D eigenvalue weighted by atomic mass is 16.3. The van der Waals surface area contributed by atoms with Crippen molar-refractivity contribution in [2.45, 2.75) is 39.7 Å². The zero-order valence-electron chi connectivity index (χ0n) is 11.1.